The van der Waals surface area contributed by atoms with Crippen molar-refractivity contribution in [3.8, 4) is 0 Å². The van der Waals surface area contributed by atoms with E-state index in [0.29, 0.717) is 0 Å². The molecule has 0 radical (unpaired) electrons. The second kappa shape index (κ2) is 8.63. The van der Waals surface area contributed by atoms with E-state index in [1.807, 2.05) is 0 Å². The van der Waals surface area contributed by atoms with Crippen LogP contribution >= 0.6 is 15.0 Å². The molecule has 1 atom stereocenters. The molecule has 0 rings (SSSR count). The molecule has 0 bridgehead atoms. The van der Waals surface area contributed by atoms with Crippen LogP contribution in [0.4, 0.5) is 0 Å². The minimum Gasteiger partial charge on any atom is -0.327 e. The monoisotopic (exact) mass is 352 g/mol. The lowest BCUT2D eigenvalue weighted by Crippen LogP contribution is -2.10. The molecular weight excluding hydrogens is 330 g/mol. The summed E-state index contributed by atoms with van der Waals surface area (Å²) in [6.07, 6.45) is 0.137. The Hall–Kier alpha value is 0.250. The molecule has 0 heterocycles. The third-order valence-corrected chi connectivity index (χ3v) is 8.25. The average Bonchev–Trinajstić information content (AvgIpc) is 2.26. The quantitative estimate of drug-likeness (QED) is 0.412. The van der Waals surface area contributed by atoms with E-state index in [0.717, 1.165) is 6.26 Å². The molecule has 0 N–H and O–H groups in total. The first-order chi connectivity index (χ1) is 9.10. The van der Waals surface area contributed by atoms with Crippen molar-refractivity contribution < 1.29 is 35.3 Å². The summed E-state index contributed by atoms with van der Waals surface area (Å²) in [5, 5.41) is 0. The fraction of sp³-hybridized carbons (Fsp3) is 1.00. The van der Waals surface area contributed by atoms with E-state index in [-0.39, 0.29) is 19.8 Å². The molecule has 0 aliphatic carbocycles. The summed E-state index contributed by atoms with van der Waals surface area (Å²) in [5.74, 6) is -0.523. The van der Waals surface area contributed by atoms with Gasteiger partial charge < -0.3 is 13.6 Å². The molecule has 0 fully saturated rings. The minimum atomic E-state index is -3.78. The van der Waals surface area contributed by atoms with Crippen molar-refractivity contribution in [2.24, 2.45) is 0 Å². The molecule has 0 aliphatic rings. The van der Waals surface area contributed by atoms with Gasteiger partial charge in [-0.1, -0.05) is 0 Å². The summed E-state index contributed by atoms with van der Waals surface area (Å²) in [6, 6.07) is 0. The Morgan fingerprint density at radius 3 is 1.70 bits per heavy atom. The molecule has 0 aromatic carbocycles. The lowest BCUT2D eigenvalue weighted by molar-refractivity contribution is 0.221. The molecule has 0 aromatic heterocycles. The fourth-order valence-electron chi connectivity index (χ4n) is 1.31. The molecule has 0 amide bonds. The van der Waals surface area contributed by atoms with Crippen LogP contribution in [0, 0.1) is 0 Å². The highest BCUT2D eigenvalue weighted by Gasteiger charge is 2.38. The third-order valence-electron chi connectivity index (χ3n) is 1.87. The molecular formula is C9H22O8P2S. The summed E-state index contributed by atoms with van der Waals surface area (Å²) >= 11 is 0. The third kappa shape index (κ3) is 8.52. The van der Waals surface area contributed by atoms with Crippen LogP contribution in [-0.4, -0.2) is 46.7 Å². The Kier molecular flexibility index (Phi) is 8.74. The highest BCUT2D eigenvalue weighted by atomic mass is 32.2. The van der Waals surface area contributed by atoms with Crippen molar-refractivity contribution in [3.63, 3.8) is 0 Å². The van der Waals surface area contributed by atoms with Gasteiger partial charge in [0.15, 0.2) is 0 Å². The van der Waals surface area contributed by atoms with Crippen molar-refractivity contribution in [1.82, 2.24) is 0 Å². The molecule has 0 saturated carbocycles. The van der Waals surface area contributed by atoms with Gasteiger partial charge in [0.2, 0.25) is 7.37 Å². The lowest BCUT2D eigenvalue weighted by atomic mass is 10.9. The largest absolute Gasteiger partial charge is 0.340 e. The van der Waals surface area contributed by atoms with Crippen LogP contribution in [0.25, 0.3) is 0 Å². The Labute approximate surface area is 120 Å². The summed E-state index contributed by atoms with van der Waals surface area (Å²) in [4.78, 5) is 0. The van der Waals surface area contributed by atoms with Gasteiger partial charge >= 0.3 is 7.60 Å². The number of hydrogen-bond acceptors (Lipinski definition) is 8. The van der Waals surface area contributed by atoms with E-state index >= 15 is 0 Å². The first kappa shape index (κ1) is 20.2. The lowest BCUT2D eigenvalue weighted by Gasteiger charge is -2.22. The van der Waals surface area contributed by atoms with Crippen LogP contribution in [0.5, 0.6) is 0 Å². The molecule has 1 unspecified atom stereocenters. The molecule has 0 aromatic rings. The van der Waals surface area contributed by atoms with Crippen LogP contribution < -0.4 is 0 Å². The van der Waals surface area contributed by atoms with Gasteiger partial charge in [0.25, 0.3) is 10.1 Å². The van der Waals surface area contributed by atoms with Crippen molar-refractivity contribution in [2.75, 3.05) is 38.3 Å². The maximum absolute atomic E-state index is 12.5. The second-order valence-corrected chi connectivity index (χ2v) is 10.4. The van der Waals surface area contributed by atoms with E-state index in [1.165, 1.54) is 0 Å². The molecule has 0 spiro atoms. The predicted octanol–water partition coefficient (Wildman–Crippen LogP) is 2.46. The van der Waals surface area contributed by atoms with Gasteiger partial charge in [-0.3, -0.25) is 13.3 Å². The fourth-order valence-corrected chi connectivity index (χ4v) is 7.54. The molecule has 0 saturated heterocycles. The van der Waals surface area contributed by atoms with Crippen molar-refractivity contribution in [3.05, 3.63) is 0 Å². The van der Waals surface area contributed by atoms with Crippen molar-refractivity contribution >= 4 is 25.1 Å². The highest BCUT2D eigenvalue weighted by molar-refractivity contribution is 7.86. The smallest absolute Gasteiger partial charge is 0.327 e. The zero-order chi connectivity index (χ0) is 15.9. The van der Waals surface area contributed by atoms with Crippen LogP contribution in [0.1, 0.15) is 20.8 Å². The van der Waals surface area contributed by atoms with E-state index < -0.39 is 37.3 Å². The van der Waals surface area contributed by atoms with Gasteiger partial charge in [-0.2, -0.15) is 8.42 Å². The van der Waals surface area contributed by atoms with Crippen molar-refractivity contribution in [1.29, 1.82) is 0 Å². The number of rotatable bonds is 11. The van der Waals surface area contributed by atoms with E-state index in [1.54, 1.807) is 20.8 Å². The first-order valence-corrected chi connectivity index (χ1v) is 11.6. The van der Waals surface area contributed by atoms with Gasteiger partial charge in [-0.25, -0.2) is 0 Å². The molecule has 122 valence electrons. The van der Waals surface area contributed by atoms with Crippen LogP contribution in [0.2, 0.25) is 0 Å². The zero-order valence-electron chi connectivity index (χ0n) is 12.1. The summed E-state index contributed by atoms with van der Waals surface area (Å²) in [5.41, 5.74) is 0. The van der Waals surface area contributed by atoms with Crippen molar-refractivity contribution in [2.45, 2.75) is 20.8 Å². The van der Waals surface area contributed by atoms with Crippen LogP contribution in [0.15, 0.2) is 0 Å². The summed E-state index contributed by atoms with van der Waals surface area (Å²) in [7, 11) is -11.0. The average molecular weight is 352 g/mol. The highest BCUT2D eigenvalue weighted by Crippen LogP contribution is 2.63. The SMILES string of the molecule is CCOP(=O)(COS(C)(=O)=O)CP(=O)(OCC)OCC. The zero-order valence-corrected chi connectivity index (χ0v) is 14.7. The standard InChI is InChI=1S/C9H22O8P2S/c1-5-14-18(10,8-17-20(4,12)13)9-19(11,15-6-2)16-7-3/h5-9H2,1-4H3. The first-order valence-electron chi connectivity index (χ1n) is 6.05. The Morgan fingerprint density at radius 2 is 1.35 bits per heavy atom. The second-order valence-electron chi connectivity index (χ2n) is 3.77. The van der Waals surface area contributed by atoms with E-state index in [2.05, 4.69) is 4.18 Å². The maximum Gasteiger partial charge on any atom is 0.340 e. The topological polar surface area (TPSA) is 105 Å². The maximum atomic E-state index is 12.5. The Bertz CT molecular complexity index is 464. The molecule has 11 heteroatoms. The Morgan fingerprint density at radius 1 is 0.900 bits per heavy atom. The minimum absolute atomic E-state index is 0.0582. The normalized spacial score (nSPS) is 16.0. The van der Waals surface area contributed by atoms with Gasteiger partial charge in [-0.05, 0) is 20.8 Å². The summed E-state index contributed by atoms with van der Waals surface area (Å²) < 4.78 is 66.3. The van der Waals surface area contributed by atoms with Crippen LogP contribution in [0.3, 0.4) is 0 Å². The van der Waals surface area contributed by atoms with E-state index in [4.69, 9.17) is 13.6 Å². The predicted molar refractivity (Wildman–Crippen MR) is 75.8 cm³/mol. The molecule has 0 aliphatic heterocycles. The van der Waals surface area contributed by atoms with Crippen LogP contribution in [-0.2, 0) is 37.0 Å². The van der Waals surface area contributed by atoms with Gasteiger partial charge in [0.1, 0.15) is 12.3 Å². The molecule has 8 nitrogen and oxygen atoms in total. The van der Waals surface area contributed by atoms with E-state index in [9.17, 15) is 17.5 Å². The van der Waals surface area contributed by atoms with Gasteiger partial charge in [0, 0.05) is 0 Å². The van der Waals surface area contributed by atoms with Gasteiger partial charge in [0.05, 0.1) is 26.1 Å². The summed E-state index contributed by atoms with van der Waals surface area (Å²) in [6.45, 7) is 5.09. The number of hydrogen-bond donors (Lipinski definition) is 0. The molecule has 20 heavy (non-hydrogen) atoms. The Balaban J connectivity index is 5.05. The van der Waals surface area contributed by atoms with Gasteiger partial charge in [-0.15, -0.1) is 0 Å².